The Bertz CT molecular complexity index is 1780. The summed E-state index contributed by atoms with van der Waals surface area (Å²) in [7, 11) is 0. The molecule has 1 unspecified atom stereocenters. The second-order valence-electron chi connectivity index (χ2n) is 14.5. The van der Waals surface area contributed by atoms with Crippen LogP contribution in [0.4, 0.5) is 0 Å². The molecule has 7 rings (SSSR count). The molecule has 270 valence electrons. The predicted molar refractivity (Wildman–Crippen MR) is 206 cm³/mol. The van der Waals surface area contributed by atoms with Crippen molar-refractivity contribution in [3.63, 3.8) is 0 Å². The van der Waals surface area contributed by atoms with Gasteiger partial charge in [0.05, 0.1) is 10.0 Å². The van der Waals surface area contributed by atoms with Crippen LogP contribution in [0.25, 0.3) is 21.8 Å². The summed E-state index contributed by atoms with van der Waals surface area (Å²) in [5.74, 6) is 0.214. The van der Waals surface area contributed by atoms with Crippen LogP contribution < -0.4 is 0 Å². The molecule has 11 heteroatoms. The molecule has 0 radical (unpaired) electrons. The van der Waals surface area contributed by atoms with Crippen LogP contribution in [0.5, 0.6) is 0 Å². The number of aromatic amines is 1. The number of nitrogens with zero attached hydrogens (tertiary/aromatic N) is 6. The number of hydrogen-bond acceptors (Lipinski definition) is 5. The van der Waals surface area contributed by atoms with Gasteiger partial charge in [0.15, 0.2) is 0 Å². The van der Waals surface area contributed by atoms with Crippen LogP contribution in [0, 0.1) is 0 Å². The third kappa shape index (κ3) is 8.02. The zero-order valence-corrected chi connectivity index (χ0v) is 31.8. The van der Waals surface area contributed by atoms with Crippen molar-refractivity contribution in [2.75, 3.05) is 72.0 Å². The van der Waals surface area contributed by atoms with Crippen LogP contribution in [-0.2, 0) is 0 Å². The minimum atomic E-state index is 0.0950. The maximum absolute atomic E-state index is 13.1. The first-order chi connectivity index (χ1) is 24.0. The fourth-order valence-corrected chi connectivity index (χ4v) is 8.13. The number of benzene rings is 2. The Hall–Kier alpha value is -3.08. The van der Waals surface area contributed by atoms with Crippen molar-refractivity contribution in [2.24, 2.45) is 0 Å². The van der Waals surface area contributed by atoms with Gasteiger partial charge in [0, 0.05) is 122 Å². The maximum Gasteiger partial charge on any atom is 0.253 e. The Morgan fingerprint density at radius 3 is 1.88 bits per heavy atom. The van der Waals surface area contributed by atoms with Gasteiger partial charge < -0.3 is 24.3 Å². The Kier molecular flexibility index (Phi) is 11.8. The summed E-state index contributed by atoms with van der Waals surface area (Å²) in [6.07, 6.45) is 6.21. The van der Waals surface area contributed by atoms with Gasteiger partial charge in [-0.05, 0) is 90.0 Å². The maximum atomic E-state index is 13.1. The number of rotatable bonds is 6. The second kappa shape index (κ2) is 16.1. The second-order valence-corrected chi connectivity index (χ2v) is 15.4. The number of piperidine rings is 1. The zero-order valence-electron chi connectivity index (χ0n) is 30.3. The highest BCUT2D eigenvalue weighted by atomic mass is 35.5. The number of likely N-dealkylation sites (tertiary alicyclic amines) is 1. The normalized spacial score (nSPS) is 19.8. The average molecular weight is 723 g/mol. The van der Waals surface area contributed by atoms with Crippen molar-refractivity contribution < 1.29 is 9.59 Å². The van der Waals surface area contributed by atoms with Crippen molar-refractivity contribution in [3.05, 3.63) is 70.0 Å². The summed E-state index contributed by atoms with van der Waals surface area (Å²) >= 11 is 12.7. The molecule has 3 aliphatic heterocycles. The number of fused-ring (bicyclic) bond motifs is 2. The summed E-state index contributed by atoms with van der Waals surface area (Å²) in [6.45, 7) is 21.3. The SMILES string of the molecule is CC(C)N1CCN(C(=O)c2ccc3[nH]cc(Cl)c3c2)CC1.CCN1CCCC(n2cc(Cl)c3cc(C(=O)N4CCN(C(C)C)CC4)ccc32)C1. The van der Waals surface area contributed by atoms with Crippen molar-refractivity contribution in [1.29, 1.82) is 0 Å². The first-order valence-corrected chi connectivity index (χ1v) is 19.1. The van der Waals surface area contributed by atoms with Gasteiger partial charge in [-0.25, -0.2) is 0 Å². The molecule has 2 amide bonds. The number of piperazine rings is 2. The molecule has 0 bridgehead atoms. The van der Waals surface area contributed by atoms with E-state index in [1.54, 1.807) is 6.20 Å². The van der Waals surface area contributed by atoms with Crippen LogP contribution in [0.3, 0.4) is 0 Å². The van der Waals surface area contributed by atoms with Gasteiger partial charge in [0.25, 0.3) is 11.8 Å². The van der Waals surface area contributed by atoms with Gasteiger partial charge in [0.1, 0.15) is 0 Å². The summed E-state index contributed by atoms with van der Waals surface area (Å²) in [4.78, 5) is 40.0. The number of aromatic nitrogens is 2. The Labute approximate surface area is 307 Å². The third-order valence-corrected chi connectivity index (χ3v) is 11.5. The van der Waals surface area contributed by atoms with Gasteiger partial charge in [-0.15, -0.1) is 0 Å². The molecule has 1 atom stereocenters. The van der Waals surface area contributed by atoms with Gasteiger partial charge in [-0.1, -0.05) is 30.1 Å². The molecule has 50 heavy (non-hydrogen) atoms. The summed E-state index contributed by atoms with van der Waals surface area (Å²) in [5, 5.41) is 3.30. The molecule has 2 aromatic carbocycles. The lowest BCUT2D eigenvalue weighted by Crippen LogP contribution is -2.50. The number of likely N-dealkylation sites (N-methyl/N-ethyl adjacent to an activating group) is 1. The lowest BCUT2D eigenvalue weighted by atomic mass is 10.1. The van der Waals surface area contributed by atoms with E-state index in [0.717, 1.165) is 97.8 Å². The van der Waals surface area contributed by atoms with Crippen molar-refractivity contribution in [2.45, 2.75) is 65.6 Å². The summed E-state index contributed by atoms with van der Waals surface area (Å²) in [6, 6.07) is 13.2. The Morgan fingerprint density at radius 1 is 0.760 bits per heavy atom. The van der Waals surface area contributed by atoms with E-state index in [1.165, 1.54) is 19.4 Å². The highest BCUT2D eigenvalue weighted by molar-refractivity contribution is 6.36. The third-order valence-electron chi connectivity index (χ3n) is 10.9. The van der Waals surface area contributed by atoms with Crippen LogP contribution in [0.2, 0.25) is 10.0 Å². The fraction of sp³-hybridized carbons (Fsp3) is 0.538. The van der Waals surface area contributed by atoms with Crippen molar-refractivity contribution >= 4 is 56.8 Å². The predicted octanol–water partition coefficient (Wildman–Crippen LogP) is 7.11. The lowest BCUT2D eigenvalue weighted by Gasteiger charge is -2.37. The summed E-state index contributed by atoms with van der Waals surface area (Å²) < 4.78 is 2.33. The van der Waals surface area contributed by atoms with E-state index in [1.807, 2.05) is 40.1 Å². The van der Waals surface area contributed by atoms with E-state index in [4.69, 9.17) is 23.2 Å². The molecule has 3 aliphatic rings. The molecule has 4 aromatic rings. The fourth-order valence-electron chi connectivity index (χ4n) is 7.66. The van der Waals surface area contributed by atoms with Crippen LogP contribution >= 0.6 is 23.2 Å². The topological polar surface area (TPSA) is 71.1 Å². The van der Waals surface area contributed by atoms with E-state index in [0.29, 0.717) is 28.7 Å². The van der Waals surface area contributed by atoms with Gasteiger partial charge in [0.2, 0.25) is 0 Å². The molecule has 1 N–H and O–H groups in total. The van der Waals surface area contributed by atoms with E-state index >= 15 is 0 Å². The highest BCUT2D eigenvalue weighted by Crippen LogP contribution is 2.33. The number of halogens is 2. The number of carbonyl (C=O) groups is 2. The van der Waals surface area contributed by atoms with Crippen molar-refractivity contribution in [1.82, 2.24) is 34.1 Å². The molecule has 3 saturated heterocycles. The van der Waals surface area contributed by atoms with Gasteiger partial charge in [-0.2, -0.15) is 0 Å². The molecule has 5 heterocycles. The molecule has 0 spiro atoms. The van der Waals surface area contributed by atoms with E-state index in [2.05, 4.69) is 71.1 Å². The molecular weight excluding hydrogens is 669 g/mol. The molecule has 2 aromatic heterocycles. The molecule has 0 aliphatic carbocycles. The monoisotopic (exact) mass is 721 g/mol. The van der Waals surface area contributed by atoms with E-state index in [-0.39, 0.29) is 11.8 Å². The number of H-pyrrole nitrogens is 1. The highest BCUT2D eigenvalue weighted by Gasteiger charge is 2.26. The standard InChI is InChI=1S/C23H33ClN4O.C16H20ClN3O/c1-4-25-9-5-6-19(15-25)28-16-21(24)20-14-18(7-8-22(20)28)23(29)27-12-10-26(11-13-27)17(2)3;1-11(2)19-5-7-20(8-6-19)16(21)12-3-4-15-13(9-12)14(17)10-18-15/h7-8,14,16-17,19H,4-6,9-13,15H2,1-3H3;3-4,9-11,18H,5-8H2,1-2H3. The Morgan fingerprint density at radius 2 is 1.32 bits per heavy atom. The van der Waals surface area contributed by atoms with Crippen molar-refractivity contribution in [3.8, 4) is 0 Å². The van der Waals surface area contributed by atoms with Crippen LogP contribution in [0.15, 0.2) is 48.8 Å². The smallest absolute Gasteiger partial charge is 0.253 e. The molecule has 3 fully saturated rings. The molecule has 0 saturated carbocycles. The minimum Gasteiger partial charge on any atom is -0.360 e. The van der Waals surface area contributed by atoms with Gasteiger partial charge in [-0.3, -0.25) is 19.4 Å². The number of hydrogen-bond donors (Lipinski definition) is 1. The molecule has 9 nitrogen and oxygen atoms in total. The first-order valence-electron chi connectivity index (χ1n) is 18.4. The number of carbonyl (C=O) groups excluding carboxylic acids is 2. The van der Waals surface area contributed by atoms with E-state index < -0.39 is 0 Å². The minimum absolute atomic E-state index is 0.0950. The lowest BCUT2D eigenvalue weighted by molar-refractivity contribution is 0.0590. The molecular formula is C39H53Cl2N7O2. The van der Waals surface area contributed by atoms with Crippen LogP contribution in [-0.4, -0.2) is 130 Å². The average Bonchev–Trinajstić information content (AvgIpc) is 3.69. The van der Waals surface area contributed by atoms with E-state index in [9.17, 15) is 9.59 Å². The largest absolute Gasteiger partial charge is 0.360 e. The van der Waals surface area contributed by atoms with Crippen LogP contribution in [0.1, 0.15) is 74.2 Å². The first kappa shape index (κ1) is 36.7. The Balaban J connectivity index is 0.000000182. The number of nitrogens with one attached hydrogen (secondary N) is 1. The summed E-state index contributed by atoms with van der Waals surface area (Å²) in [5.41, 5.74) is 3.55. The quantitative estimate of drug-likeness (QED) is 0.230. The van der Waals surface area contributed by atoms with Gasteiger partial charge >= 0.3 is 0 Å². The number of amides is 2. The zero-order chi connectivity index (χ0) is 35.5.